The Labute approximate surface area is 124 Å². The minimum absolute atomic E-state index is 0.126. The van der Waals surface area contributed by atoms with Crippen LogP contribution in [0.25, 0.3) is 0 Å². The van der Waals surface area contributed by atoms with Crippen LogP contribution < -0.4 is 11.1 Å². The first-order chi connectivity index (χ1) is 9.91. The Morgan fingerprint density at radius 1 is 1.57 bits per heavy atom. The molecule has 2 heterocycles. The highest BCUT2D eigenvalue weighted by atomic mass is 35.5. The van der Waals surface area contributed by atoms with Gasteiger partial charge >= 0.3 is 0 Å². The number of nitrogens with one attached hydrogen (secondary N) is 1. The molecule has 1 aliphatic heterocycles. The smallest absolute Gasteiger partial charge is 0.288 e. The van der Waals surface area contributed by atoms with E-state index >= 15 is 0 Å². The summed E-state index contributed by atoms with van der Waals surface area (Å²) >= 11 is 5.83. The third-order valence-corrected chi connectivity index (χ3v) is 3.40. The summed E-state index contributed by atoms with van der Waals surface area (Å²) < 4.78 is 0. The molecule has 10 heteroatoms. The van der Waals surface area contributed by atoms with Crippen molar-refractivity contribution >= 4 is 29.1 Å². The lowest BCUT2D eigenvalue weighted by molar-refractivity contribution is -0.385. The number of hydrogen-bond donors (Lipinski definition) is 2. The molecule has 0 spiro atoms. The van der Waals surface area contributed by atoms with Crippen LogP contribution in [0.15, 0.2) is 12.3 Å². The Bertz CT molecular complexity index is 608. The van der Waals surface area contributed by atoms with Crippen LogP contribution in [-0.2, 0) is 4.79 Å². The third-order valence-electron chi connectivity index (χ3n) is 3.10. The first-order valence-electron chi connectivity index (χ1n) is 6.02. The van der Waals surface area contributed by atoms with Gasteiger partial charge in [-0.15, -0.1) is 0 Å². The fraction of sp³-hybridized carbons (Fsp3) is 0.364. The molecule has 21 heavy (non-hydrogen) atoms. The molecular weight excluding hydrogens is 302 g/mol. The minimum Gasteiger partial charge on any atom is -0.368 e. The molecule has 2 rings (SSSR count). The zero-order chi connectivity index (χ0) is 15.6. The van der Waals surface area contributed by atoms with E-state index in [2.05, 4.69) is 10.3 Å². The van der Waals surface area contributed by atoms with Gasteiger partial charge in [-0.05, 0) is 0 Å². The van der Waals surface area contributed by atoms with E-state index in [1.54, 1.807) is 0 Å². The maximum absolute atomic E-state index is 12.5. The van der Waals surface area contributed by atoms with Gasteiger partial charge in [-0.25, -0.2) is 4.98 Å². The third kappa shape index (κ3) is 3.09. The van der Waals surface area contributed by atoms with Crippen molar-refractivity contribution in [1.82, 2.24) is 15.2 Å². The maximum atomic E-state index is 12.5. The van der Waals surface area contributed by atoms with Crippen LogP contribution in [0, 0.1) is 10.1 Å². The summed E-state index contributed by atoms with van der Waals surface area (Å²) in [5, 5.41) is 13.5. The molecule has 0 saturated carbocycles. The van der Waals surface area contributed by atoms with E-state index in [9.17, 15) is 19.7 Å². The summed E-state index contributed by atoms with van der Waals surface area (Å²) in [5.41, 5.74) is 4.78. The molecule has 1 unspecified atom stereocenters. The Morgan fingerprint density at radius 2 is 2.29 bits per heavy atom. The topological polar surface area (TPSA) is 131 Å². The number of piperazine rings is 1. The van der Waals surface area contributed by atoms with E-state index in [0.29, 0.717) is 6.54 Å². The van der Waals surface area contributed by atoms with E-state index in [1.165, 1.54) is 4.90 Å². The van der Waals surface area contributed by atoms with E-state index < -0.39 is 22.8 Å². The first kappa shape index (κ1) is 15.1. The van der Waals surface area contributed by atoms with Crippen LogP contribution in [0.3, 0.4) is 0 Å². The summed E-state index contributed by atoms with van der Waals surface area (Å²) in [4.78, 5) is 38.8. The molecule has 1 saturated heterocycles. The molecule has 0 radical (unpaired) electrons. The molecule has 1 aromatic heterocycles. The fourth-order valence-electron chi connectivity index (χ4n) is 2.04. The summed E-state index contributed by atoms with van der Waals surface area (Å²) in [5.74, 6) is -1.27. The molecule has 9 nitrogen and oxygen atoms in total. The summed E-state index contributed by atoms with van der Waals surface area (Å²) in [6.45, 7) is 0.946. The minimum atomic E-state index is -0.832. The summed E-state index contributed by atoms with van der Waals surface area (Å²) in [6.07, 6.45) is 0.961. The number of pyridine rings is 1. The van der Waals surface area contributed by atoms with Crippen molar-refractivity contribution < 1.29 is 14.5 Å². The highest BCUT2D eigenvalue weighted by Gasteiger charge is 2.33. The van der Waals surface area contributed by atoms with Gasteiger partial charge in [0.1, 0.15) is 17.4 Å². The molecule has 1 aromatic rings. The van der Waals surface area contributed by atoms with Gasteiger partial charge in [-0.2, -0.15) is 0 Å². The van der Waals surface area contributed by atoms with Gasteiger partial charge in [0, 0.05) is 25.7 Å². The number of halogens is 1. The number of nitrogens with zero attached hydrogens (tertiary/aromatic N) is 3. The van der Waals surface area contributed by atoms with Crippen molar-refractivity contribution in [3.05, 3.63) is 33.1 Å². The van der Waals surface area contributed by atoms with Gasteiger partial charge in [-0.3, -0.25) is 19.7 Å². The predicted molar refractivity (Wildman–Crippen MR) is 72.8 cm³/mol. The largest absolute Gasteiger partial charge is 0.368 e. The molecule has 1 aliphatic rings. The molecular formula is C11H12ClN5O4. The van der Waals surface area contributed by atoms with Crippen LogP contribution in [0.1, 0.15) is 10.4 Å². The second-order valence-electron chi connectivity index (χ2n) is 4.41. The van der Waals surface area contributed by atoms with E-state index in [1.807, 2.05) is 0 Å². The van der Waals surface area contributed by atoms with Crippen molar-refractivity contribution in [3.63, 3.8) is 0 Å². The Balaban J connectivity index is 2.36. The second-order valence-corrected chi connectivity index (χ2v) is 4.77. The van der Waals surface area contributed by atoms with Crippen molar-refractivity contribution in [1.29, 1.82) is 0 Å². The quantitative estimate of drug-likeness (QED) is 0.441. The van der Waals surface area contributed by atoms with Crippen molar-refractivity contribution in [2.24, 2.45) is 5.73 Å². The van der Waals surface area contributed by atoms with Gasteiger partial charge in [0.05, 0.1) is 10.5 Å². The van der Waals surface area contributed by atoms with Gasteiger partial charge in [0.2, 0.25) is 5.91 Å². The fourth-order valence-corrected chi connectivity index (χ4v) is 2.23. The molecule has 1 fully saturated rings. The highest BCUT2D eigenvalue weighted by Crippen LogP contribution is 2.22. The van der Waals surface area contributed by atoms with E-state index in [-0.39, 0.29) is 29.5 Å². The van der Waals surface area contributed by atoms with Crippen LogP contribution in [0.2, 0.25) is 5.15 Å². The number of rotatable bonds is 3. The van der Waals surface area contributed by atoms with Crippen molar-refractivity contribution in [2.75, 3.05) is 19.6 Å². The van der Waals surface area contributed by atoms with Crippen molar-refractivity contribution in [2.45, 2.75) is 6.04 Å². The van der Waals surface area contributed by atoms with Gasteiger partial charge in [0.25, 0.3) is 11.6 Å². The lowest BCUT2D eigenvalue weighted by Gasteiger charge is -2.34. The molecule has 0 aromatic carbocycles. The van der Waals surface area contributed by atoms with E-state index in [4.69, 9.17) is 17.3 Å². The molecule has 2 amide bonds. The number of nitro groups is 1. The second kappa shape index (κ2) is 6.02. The highest BCUT2D eigenvalue weighted by molar-refractivity contribution is 6.32. The maximum Gasteiger partial charge on any atom is 0.288 e. The van der Waals surface area contributed by atoms with Gasteiger partial charge in [-0.1, -0.05) is 11.6 Å². The number of primary amides is 1. The summed E-state index contributed by atoms with van der Waals surface area (Å²) in [6, 6.07) is 0.208. The number of aromatic nitrogens is 1. The first-order valence-corrected chi connectivity index (χ1v) is 6.40. The Hall–Kier alpha value is -2.26. The zero-order valence-electron chi connectivity index (χ0n) is 10.8. The monoisotopic (exact) mass is 313 g/mol. The SMILES string of the molecule is NC(=O)C1CNCCN1C(=O)c1cc([N+](=O)[O-])cnc1Cl. The average molecular weight is 314 g/mol. The van der Waals surface area contributed by atoms with Crippen LogP contribution in [-0.4, -0.2) is 52.3 Å². The normalized spacial score (nSPS) is 18.3. The number of carbonyl (C=O) groups excluding carboxylic acids is 2. The average Bonchev–Trinajstić information content (AvgIpc) is 2.46. The molecule has 0 aliphatic carbocycles. The molecule has 1 atom stereocenters. The number of hydrogen-bond acceptors (Lipinski definition) is 6. The lowest BCUT2D eigenvalue weighted by atomic mass is 10.1. The zero-order valence-corrected chi connectivity index (χ0v) is 11.5. The van der Waals surface area contributed by atoms with Crippen LogP contribution >= 0.6 is 11.6 Å². The molecule has 3 N–H and O–H groups in total. The van der Waals surface area contributed by atoms with E-state index in [0.717, 1.165) is 12.3 Å². The Kier molecular flexibility index (Phi) is 4.34. The lowest BCUT2D eigenvalue weighted by Crippen LogP contribution is -2.58. The standard InChI is InChI=1S/C11H12ClN5O4/c12-9-7(3-6(4-15-9)17(20)21)11(19)16-2-1-14-5-8(16)10(13)18/h3-4,8,14H,1-2,5H2,(H2,13,18). The molecule has 0 bridgehead atoms. The van der Waals surface area contributed by atoms with Crippen LogP contribution in [0.5, 0.6) is 0 Å². The number of amides is 2. The Morgan fingerprint density at radius 3 is 2.90 bits per heavy atom. The number of nitrogens with two attached hydrogens (primary N) is 1. The molecule has 112 valence electrons. The number of carbonyl (C=O) groups is 2. The van der Waals surface area contributed by atoms with Gasteiger partial charge in [0.15, 0.2) is 0 Å². The van der Waals surface area contributed by atoms with Gasteiger partial charge < -0.3 is 16.0 Å². The van der Waals surface area contributed by atoms with Crippen LogP contribution in [0.4, 0.5) is 5.69 Å². The van der Waals surface area contributed by atoms with Crippen molar-refractivity contribution in [3.8, 4) is 0 Å². The summed E-state index contributed by atoms with van der Waals surface area (Å²) in [7, 11) is 0. The predicted octanol–water partition coefficient (Wildman–Crippen LogP) is -0.457.